The first kappa shape index (κ1) is 18.2. The van der Waals surface area contributed by atoms with Crippen LogP contribution in [0.5, 0.6) is 0 Å². The van der Waals surface area contributed by atoms with Gasteiger partial charge in [-0.05, 0) is 28.1 Å². The molecule has 0 aliphatic rings. The average Bonchev–Trinajstić information content (AvgIpc) is 2.41. The van der Waals surface area contributed by atoms with Crippen LogP contribution in [0, 0.1) is 0 Å². The minimum atomic E-state index is -3.92. The number of methoxy groups -OCH3 is 1. The molecule has 10 heteroatoms. The lowest BCUT2D eigenvalue weighted by Crippen LogP contribution is -2.38. The van der Waals surface area contributed by atoms with Gasteiger partial charge >= 0.3 is 0 Å². The van der Waals surface area contributed by atoms with Crippen molar-refractivity contribution in [3.63, 3.8) is 0 Å². The van der Waals surface area contributed by atoms with E-state index in [1.165, 1.54) is 19.2 Å². The van der Waals surface area contributed by atoms with E-state index < -0.39 is 22.5 Å². The molecule has 1 rings (SSSR count). The van der Waals surface area contributed by atoms with Gasteiger partial charge in [0, 0.05) is 24.4 Å². The molecule has 0 bridgehead atoms. The zero-order valence-corrected chi connectivity index (χ0v) is 14.3. The van der Waals surface area contributed by atoms with Crippen LogP contribution in [0.25, 0.3) is 0 Å². The summed E-state index contributed by atoms with van der Waals surface area (Å²) in [6, 6.07) is 2.66. The number of anilines is 1. The van der Waals surface area contributed by atoms with Crippen molar-refractivity contribution in [1.29, 1.82) is 0 Å². The largest absolute Gasteiger partial charge is 0.398 e. The molecule has 21 heavy (non-hydrogen) atoms. The molecule has 0 aliphatic carbocycles. The number of nitrogens with two attached hydrogens (primary N) is 1. The summed E-state index contributed by atoms with van der Waals surface area (Å²) in [5, 5.41) is 2.67. The SMILES string of the molecule is COCCNC(=O)CNS(=O)(=O)c1cc(Cl)cc(N)c1Br. The molecule has 0 radical (unpaired) electrons. The van der Waals surface area contributed by atoms with Gasteiger partial charge in [0.1, 0.15) is 0 Å². The summed E-state index contributed by atoms with van der Waals surface area (Å²) < 4.78 is 31.4. The van der Waals surface area contributed by atoms with Gasteiger partial charge in [0.05, 0.1) is 22.5 Å². The smallest absolute Gasteiger partial charge is 0.242 e. The normalized spacial score (nSPS) is 11.4. The van der Waals surface area contributed by atoms with Gasteiger partial charge in [-0.1, -0.05) is 11.6 Å². The van der Waals surface area contributed by atoms with E-state index in [9.17, 15) is 13.2 Å². The number of rotatable bonds is 7. The van der Waals surface area contributed by atoms with Gasteiger partial charge in [0.15, 0.2) is 0 Å². The summed E-state index contributed by atoms with van der Waals surface area (Å²) >= 11 is 8.88. The molecule has 1 aromatic carbocycles. The lowest BCUT2D eigenvalue weighted by atomic mass is 10.3. The Balaban J connectivity index is 2.77. The Bertz CT molecular complexity index is 624. The van der Waals surface area contributed by atoms with Crippen molar-refractivity contribution < 1.29 is 17.9 Å². The first-order valence-electron chi connectivity index (χ1n) is 5.77. The van der Waals surface area contributed by atoms with Crippen LogP contribution in [-0.2, 0) is 19.6 Å². The maximum absolute atomic E-state index is 12.1. The van der Waals surface area contributed by atoms with E-state index in [-0.39, 0.29) is 20.1 Å². The van der Waals surface area contributed by atoms with Crippen LogP contribution in [0.3, 0.4) is 0 Å². The van der Waals surface area contributed by atoms with E-state index in [0.29, 0.717) is 13.2 Å². The van der Waals surface area contributed by atoms with Crippen molar-refractivity contribution in [1.82, 2.24) is 10.0 Å². The zero-order valence-electron chi connectivity index (χ0n) is 11.2. The van der Waals surface area contributed by atoms with Crippen molar-refractivity contribution in [2.45, 2.75) is 4.90 Å². The van der Waals surface area contributed by atoms with Gasteiger partial charge in [-0.15, -0.1) is 0 Å². The summed E-state index contributed by atoms with van der Waals surface area (Å²) in [5.74, 6) is -0.471. The molecule has 7 nitrogen and oxygen atoms in total. The highest BCUT2D eigenvalue weighted by molar-refractivity contribution is 9.10. The third-order valence-corrected chi connectivity index (χ3v) is 5.16. The van der Waals surface area contributed by atoms with E-state index in [1.807, 2.05) is 0 Å². The van der Waals surface area contributed by atoms with Crippen molar-refractivity contribution in [2.24, 2.45) is 0 Å². The second kappa shape index (κ2) is 7.95. The first-order chi connectivity index (χ1) is 9.77. The Hall–Kier alpha value is -0.870. The highest BCUT2D eigenvalue weighted by Crippen LogP contribution is 2.31. The highest BCUT2D eigenvalue weighted by atomic mass is 79.9. The number of sulfonamides is 1. The Morgan fingerprint density at radius 1 is 1.48 bits per heavy atom. The third kappa shape index (κ3) is 5.44. The van der Waals surface area contributed by atoms with Crippen LogP contribution >= 0.6 is 27.5 Å². The second-order valence-corrected chi connectivity index (χ2v) is 6.94. The first-order valence-corrected chi connectivity index (χ1v) is 8.43. The average molecular weight is 401 g/mol. The summed E-state index contributed by atoms with van der Waals surface area (Å²) in [4.78, 5) is 11.3. The molecule has 0 aliphatic heterocycles. The number of ether oxygens (including phenoxy) is 1. The van der Waals surface area contributed by atoms with Crippen LogP contribution in [0.15, 0.2) is 21.5 Å². The molecule has 0 spiro atoms. The molecule has 0 heterocycles. The summed E-state index contributed by atoms with van der Waals surface area (Å²) in [6.07, 6.45) is 0. The Morgan fingerprint density at radius 3 is 2.76 bits per heavy atom. The molecule has 1 aromatic rings. The van der Waals surface area contributed by atoms with E-state index in [4.69, 9.17) is 22.1 Å². The molecule has 0 saturated heterocycles. The van der Waals surface area contributed by atoms with Crippen LogP contribution in [0.2, 0.25) is 5.02 Å². The summed E-state index contributed by atoms with van der Waals surface area (Å²) in [7, 11) is -2.42. The predicted molar refractivity (Wildman–Crippen MR) is 83.6 cm³/mol. The number of amides is 1. The predicted octanol–water partition coefficient (Wildman–Crippen LogP) is 0.726. The van der Waals surface area contributed by atoms with Crippen molar-refractivity contribution >= 4 is 49.1 Å². The number of carbonyl (C=O) groups excluding carboxylic acids is 1. The van der Waals surface area contributed by atoms with Gasteiger partial charge in [0.25, 0.3) is 0 Å². The topological polar surface area (TPSA) is 111 Å². The van der Waals surface area contributed by atoms with Gasteiger partial charge in [0.2, 0.25) is 15.9 Å². The van der Waals surface area contributed by atoms with Crippen LogP contribution in [0.1, 0.15) is 0 Å². The number of benzene rings is 1. The maximum atomic E-state index is 12.1. The van der Waals surface area contributed by atoms with Crippen molar-refractivity contribution in [3.05, 3.63) is 21.6 Å². The molecule has 0 fully saturated rings. The summed E-state index contributed by atoms with van der Waals surface area (Å²) in [5.41, 5.74) is 5.83. The fraction of sp³-hybridized carbons (Fsp3) is 0.364. The van der Waals surface area contributed by atoms with E-state index >= 15 is 0 Å². The third-order valence-electron chi connectivity index (χ3n) is 2.37. The molecule has 0 atom stereocenters. The number of nitrogen functional groups attached to an aromatic ring is 1. The number of halogens is 2. The zero-order chi connectivity index (χ0) is 16.0. The van der Waals surface area contributed by atoms with Gasteiger partial charge in [-0.3, -0.25) is 4.79 Å². The quantitative estimate of drug-likeness (QED) is 0.461. The fourth-order valence-electron chi connectivity index (χ4n) is 1.37. The maximum Gasteiger partial charge on any atom is 0.242 e. The second-order valence-electron chi connectivity index (χ2n) is 3.97. The fourth-order valence-corrected chi connectivity index (χ4v) is 3.65. The molecule has 0 aromatic heterocycles. The summed E-state index contributed by atoms with van der Waals surface area (Å²) in [6.45, 7) is 0.241. The number of carbonyl (C=O) groups is 1. The number of hydrogen-bond donors (Lipinski definition) is 3. The van der Waals surface area contributed by atoms with Gasteiger partial charge in [-0.2, -0.15) is 0 Å². The highest BCUT2D eigenvalue weighted by Gasteiger charge is 2.21. The molecule has 0 saturated carbocycles. The lowest BCUT2D eigenvalue weighted by molar-refractivity contribution is -0.120. The standard InChI is InChI=1S/C11H15BrClN3O4S/c1-20-3-2-15-10(17)6-16-21(18,19)9-5-7(13)4-8(14)11(9)12/h4-5,16H,2-3,6,14H2,1H3,(H,15,17). The molecule has 4 N–H and O–H groups in total. The Kier molecular flexibility index (Phi) is 6.88. The lowest BCUT2D eigenvalue weighted by Gasteiger charge is -2.11. The van der Waals surface area contributed by atoms with Crippen LogP contribution in [-0.4, -0.2) is 41.1 Å². The number of hydrogen-bond acceptors (Lipinski definition) is 5. The van der Waals surface area contributed by atoms with E-state index in [1.54, 1.807) is 0 Å². The monoisotopic (exact) mass is 399 g/mol. The van der Waals surface area contributed by atoms with Crippen LogP contribution < -0.4 is 15.8 Å². The molecular formula is C11H15BrClN3O4S. The molecule has 0 unspecified atom stereocenters. The van der Waals surface area contributed by atoms with E-state index in [2.05, 4.69) is 26.0 Å². The van der Waals surface area contributed by atoms with Crippen molar-refractivity contribution in [2.75, 3.05) is 32.5 Å². The van der Waals surface area contributed by atoms with Gasteiger partial charge in [-0.25, -0.2) is 13.1 Å². The molecule has 118 valence electrons. The minimum absolute atomic E-state index is 0.128. The number of nitrogens with one attached hydrogen (secondary N) is 2. The Labute approximate surface area is 136 Å². The van der Waals surface area contributed by atoms with E-state index in [0.717, 1.165) is 0 Å². The van der Waals surface area contributed by atoms with Crippen molar-refractivity contribution in [3.8, 4) is 0 Å². The van der Waals surface area contributed by atoms with Crippen LogP contribution in [0.4, 0.5) is 5.69 Å². The van der Waals surface area contributed by atoms with Gasteiger partial charge < -0.3 is 15.8 Å². The molecule has 1 amide bonds. The Morgan fingerprint density at radius 2 is 2.14 bits per heavy atom. The molecular weight excluding hydrogens is 386 g/mol. The minimum Gasteiger partial charge on any atom is -0.398 e.